The van der Waals surface area contributed by atoms with Crippen molar-refractivity contribution in [1.29, 1.82) is 0 Å². The highest BCUT2D eigenvalue weighted by molar-refractivity contribution is 7.89. The van der Waals surface area contributed by atoms with Crippen LogP contribution in [0.25, 0.3) is 0 Å². The summed E-state index contributed by atoms with van der Waals surface area (Å²) in [5.74, 6) is 0.196. The van der Waals surface area contributed by atoms with Gasteiger partial charge in [-0.2, -0.15) is 5.10 Å². The van der Waals surface area contributed by atoms with E-state index in [-0.39, 0.29) is 10.7 Å². The average molecular weight is 303 g/mol. The van der Waals surface area contributed by atoms with Crippen LogP contribution in [0, 0.1) is 0 Å². The quantitative estimate of drug-likeness (QED) is 0.693. The van der Waals surface area contributed by atoms with E-state index in [4.69, 9.17) is 5.73 Å². The molecule has 0 fully saturated rings. The Morgan fingerprint density at radius 3 is 2.55 bits per heavy atom. The molecule has 1 aromatic heterocycles. The number of nitrogen functional groups attached to an aromatic ring is 1. The molecule has 1 heterocycles. The van der Waals surface area contributed by atoms with E-state index in [9.17, 15) is 8.42 Å². The van der Waals surface area contributed by atoms with Crippen molar-refractivity contribution in [3.63, 3.8) is 0 Å². The van der Waals surface area contributed by atoms with Crippen molar-refractivity contribution in [3.8, 4) is 0 Å². The van der Waals surface area contributed by atoms with Gasteiger partial charge in [0.25, 0.3) is 0 Å². The zero-order valence-electron chi connectivity index (χ0n) is 12.5. The normalized spacial score (nSPS) is 12.2. The second-order valence-electron chi connectivity index (χ2n) is 4.54. The van der Waals surface area contributed by atoms with Crippen LogP contribution in [0.3, 0.4) is 0 Å². The Balaban J connectivity index is 2.69. The molecule has 8 heteroatoms. The molecule has 0 bridgehead atoms. The van der Waals surface area contributed by atoms with Crippen molar-refractivity contribution in [2.75, 3.05) is 31.9 Å². The fourth-order valence-electron chi connectivity index (χ4n) is 1.93. The highest BCUT2D eigenvalue weighted by Gasteiger charge is 2.21. The lowest BCUT2D eigenvalue weighted by atomic mass is 10.5. The predicted molar refractivity (Wildman–Crippen MR) is 79.9 cm³/mol. The average Bonchev–Trinajstić information content (AvgIpc) is 2.78. The van der Waals surface area contributed by atoms with Gasteiger partial charge < -0.3 is 10.6 Å². The molecule has 3 N–H and O–H groups in total. The number of likely N-dealkylation sites (N-methyl/N-ethyl adjacent to an activating group) is 1. The van der Waals surface area contributed by atoms with E-state index in [1.165, 1.54) is 10.9 Å². The second-order valence-corrected chi connectivity index (χ2v) is 6.28. The van der Waals surface area contributed by atoms with Crippen molar-refractivity contribution in [2.24, 2.45) is 0 Å². The number of nitrogens with zero attached hydrogens (tertiary/aromatic N) is 3. The van der Waals surface area contributed by atoms with Crippen LogP contribution in [-0.4, -0.2) is 49.3 Å². The topological polar surface area (TPSA) is 93.2 Å². The molecule has 0 aromatic carbocycles. The van der Waals surface area contributed by atoms with Crippen molar-refractivity contribution in [3.05, 3.63) is 6.20 Å². The Morgan fingerprint density at radius 1 is 1.35 bits per heavy atom. The third-order valence-corrected chi connectivity index (χ3v) is 4.66. The number of hydrogen-bond acceptors (Lipinski definition) is 5. The summed E-state index contributed by atoms with van der Waals surface area (Å²) in [7, 11) is -3.59. The molecule has 0 saturated heterocycles. The van der Waals surface area contributed by atoms with Gasteiger partial charge in [-0.1, -0.05) is 20.8 Å². The SMILES string of the molecule is CCCn1ncc(S(=O)(=O)NCCN(CC)CC)c1N. The molecule has 20 heavy (non-hydrogen) atoms. The third-order valence-electron chi connectivity index (χ3n) is 3.18. The lowest BCUT2D eigenvalue weighted by Crippen LogP contribution is -2.35. The molecule has 0 amide bonds. The van der Waals surface area contributed by atoms with Crippen LogP contribution in [-0.2, 0) is 16.6 Å². The minimum absolute atomic E-state index is 0.0606. The number of aryl methyl sites for hydroxylation is 1. The van der Waals surface area contributed by atoms with E-state index in [1.54, 1.807) is 0 Å². The van der Waals surface area contributed by atoms with Crippen LogP contribution in [0.1, 0.15) is 27.2 Å². The van der Waals surface area contributed by atoms with E-state index >= 15 is 0 Å². The molecule has 116 valence electrons. The first kappa shape index (κ1) is 16.9. The number of sulfonamides is 1. The molecule has 0 spiro atoms. The van der Waals surface area contributed by atoms with Crippen molar-refractivity contribution < 1.29 is 8.42 Å². The molecule has 0 unspecified atom stereocenters. The van der Waals surface area contributed by atoms with Crippen molar-refractivity contribution in [1.82, 2.24) is 19.4 Å². The molecule has 0 saturated carbocycles. The van der Waals surface area contributed by atoms with Crippen LogP contribution in [0.2, 0.25) is 0 Å². The molecular formula is C12H25N5O2S. The monoisotopic (exact) mass is 303 g/mol. The maximum atomic E-state index is 12.2. The number of nitrogens with two attached hydrogens (primary N) is 1. The summed E-state index contributed by atoms with van der Waals surface area (Å²) in [5, 5.41) is 4.01. The lowest BCUT2D eigenvalue weighted by molar-refractivity contribution is 0.309. The molecule has 1 rings (SSSR count). The first-order valence-electron chi connectivity index (χ1n) is 6.99. The fraction of sp³-hybridized carbons (Fsp3) is 0.750. The van der Waals surface area contributed by atoms with Gasteiger partial charge in [-0.15, -0.1) is 0 Å². The molecule has 0 aliphatic rings. The first-order chi connectivity index (χ1) is 9.46. The highest BCUT2D eigenvalue weighted by Crippen LogP contribution is 2.17. The summed E-state index contributed by atoms with van der Waals surface area (Å²) in [4.78, 5) is 2.21. The second kappa shape index (κ2) is 7.61. The summed E-state index contributed by atoms with van der Waals surface area (Å²) >= 11 is 0. The van der Waals surface area contributed by atoms with Gasteiger partial charge in [0, 0.05) is 19.6 Å². The van der Waals surface area contributed by atoms with Gasteiger partial charge in [0.15, 0.2) is 0 Å². The summed E-state index contributed by atoms with van der Waals surface area (Å²) in [6.45, 7) is 9.52. The number of rotatable bonds is 9. The molecular weight excluding hydrogens is 278 g/mol. The number of anilines is 1. The maximum absolute atomic E-state index is 12.2. The Bertz CT molecular complexity index is 508. The largest absolute Gasteiger partial charge is 0.383 e. The maximum Gasteiger partial charge on any atom is 0.245 e. The number of aromatic nitrogens is 2. The van der Waals surface area contributed by atoms with E-state index in [1.807, 2.05) is 20.8 Å². The summed E-state index contributed by atoms with van der Waals surface area (Å²) in [6.07, 6.45) is 2.16. The molecule has 0 radical (unpaired) electrons. The predicted octanol–water partition coefficient (Wildman–Crippen LogP) is 0.495. The van der Waals surface area contributed by atoms with Crippen LogP contribution < -0.4 is 10.5 Å². The number of hydrogen-bond donors (Lipinski definition) is 2. The van der Waals surface area contributed by atoms with Crippen LogP contribution in [0.5, 0.6) is 0 Å². The van der Waals surface area contributed by atoms with E-state index in [0.717, 1.165) is 19.5 Å². The van der Waals surface area contributed by atoms with Gasteiger partial charge in [-0.3, -0.25) is 0 Å². The van der Waals surface area contributed by atoms with Crippen molar-refractivity contribution in [2.45, 2.75) is 38.6 Å². The Hall–Kier alpha value is -1.12. The van der Waals surface area contributed by atoms with E-state index in [0.29, 0.717) is 19.6 Å². The van der Waals surface area contributed by atoms with Gasteiger partial charge in [-0.05, 0) is 19.5 Å². The smallest absolute Gasteiger partial charge is 0.245 e. The fourth-order valence-corrected chi connectivity index (χ4v) is 3.01. The van der Waals surface area contributed by atoms with Crippen molar-refractivity contribution >= 4 is 15.8 Å². The Morgan fingerprint density at radius 2 is 2.00 bits per heavy atom. The lowest BCUT2D eigenvalue weighted by Gasteiger charge is -2.17. The van der Waals surface area contributed by atoms with Crippen LogP contribution in [0.15, 0.2) is 11.1 Å². The molecule has 1 aromatic rings. The number of nitrogens with one attached hydrogen (secondary N) is 1. The van der Waals surface area contributed by atoms with Gasteiger partial charge in [0.05, 0.1) is 6.20 Å². The third kappa shape index (κ3) is 4.19. The highest BCUT2D eigenvalue weighted by atomic mass is 32.2. The first-order valence-corrected chi connectivity index (χ1v) is 8.47. The minimum atomic E-state index is -3.59. The van der Waals surface area contributed by atoms with Crippen LogP contribution >= 0.6 is 0 Å². The summed E-state index contributed by atoms with van der Waals surface area (Å²) < 4.78 is 28.4. The molecule has 0 atom stereocenters. The zero-order chi connectivity index (χ0) is 15.2. The summed E-state index contributed by atoms with van der Waals surface area (Å²) in [6, 6.07) is 0. The zero-order valence-corrected chi connectivity index (χ0v) is 13.3. The van der Waals surface area contributed by atoms with E-state index < -0.39 is 10.0 Å². The van der Waals surface area contributed by atoms with Gasteiger partial charge in [0.2, 0.25) is 10.0 Å². The minimum Gasteiger partial charge on any atom is -0.383 e. The molecule has 7 nitrogen and oxygen atoms in total. The van der Waals surface area contributed by atoms with Crippen LogP contribution in [0.4, 0.5) is 5.82 Å². The van der Waals surface area contributed by atoms with E-state index in [2.05, 4.69) is 14.7 Å². The standard InChI is InChI=1S/C12H25N5O2S/c1-4-8-17-12(13)11(10-14-17)20(18,19)15-7-9-16(5-2)6-3/h10,15H,4-9,13H2,1-3H3. The molecule has 0 aliphatic heterocycles. The molecule has 0 aliphatic carbocycles. The summed E-state index contributed by atoms with van der Waals surface area (Å²) in [5.41, 5.74) is 5.83. The van der Waals surface area contributed by atoms with Gasteiger partial charge in [-0.25, -0.2) is 17.8 Å². The Labute approximate surface area is 121 Å². The van der Waals surface area contributed by atoms with Gasteiger partial charge >= 0.3 is 0 Å². The Kier molecular flexibility index (Phi) is 6.44. The van der Waals surface area contributed by atoms with Gasteiger partial charge in [0.1, 0.15) is 10.7 Å².